The van der Waals surface area contributed by atoms with Gasteiger partial charge >= 0.3 is 0 Å². The van der Waals surface area contributed by atoms with Crippen LogP contribution in [-0.2, 0) is 0 Å². The largest absolute Gasteiger partial charge is 0.497 e. The molecule has 0 saturated carbocycles. The minimum atomic E-state index is -0.316. The SMILES string of the molecule is COc1ccc(OC)c(NC(=O)c2ccc(NC(C)(C)C)cn2)c1. The Balaban J connectivity index is 2.15. The maximum Gasteiger partial charge on any atom is 0.274 e. The van der Waals surface area contributed by atoms with Gasteiger partial charge in [-0.25, -0.2) is 4.98 Å². The number of amides is 1. The molecule has 6 heteroatoms. The lowest BCUT2D eigenvalue weighted by atomic mass is 10.1. The second kappa shape index (κ2) is 7.21. The highest BCUT2D eigenvalue weighted by molar-refractivity contribution is 6.03. The van der Waals surface area contributed by atoms with E-state index in [1.54, 1.807) is 44.7 Å². The number of ether oxygens (including phenoxy) is 2. The molecule has 2 N–H and O–H groups in total. The molecule has 128 valence electrons. The third-order valence-corrected chi connectivity index (χ3v) is 3.17. The fourth-order valence-electron chi connectivity index (χ4n) is 2.13. The van der Waals surface area contributed by atoms with E-state index < -0.39 is 0 Å². The summed E-state index contributed by atoms with van der Waals surface area (Å²) in [7, 11) is 3.11. The molecule has 1 aromatic heterocycles. The number of hydrogen-bond acceptors (Lipinski definition) is 5. The molecule has 0 atom stereocenters. The van der Waals surface area contributed by atoms with Crippen molar-refractivity contribution in [1.29, 1.82) is 0 Å². The van der Waals surface area contributed by atoms with Crippen molar-refractivity contribution in [3.63, 3.8) is 0 Å². The van der Waals surface area contributed by atoms with Crippen LogP contribution in [0.25, 0.3) is 0 Å². The summed E-state index contributed by atoms with van der Waals surface area (Å²) >= 11 is 0. The molecule has 1 heterocycles. The van der Waals surface area contributed by atoms with Crippen LogP contribution in [0.15, 0.2) is 36.5 Å². The number of anilines is 2. The molecule has 24 heavy (non-hydrogen) atoms. The number of carbonyl (C=O) groups is 1. The van der Waals surface area contributed by atoms with Gasteiger partial charge in [-0.05, 0) is 45.0 Å². The molecule has 0 fully saturated rings. The van der Waals surface area contributed by atoms with E-state index in [0.717, 1.165) is 5.69 Å². The third kappa shape index (κ3) is 4.62. The molecule has 0 aliphatic heterocycles. The summed E-state index contributed by atoms with van der Waals surface area (Å²) in [6, 6.07) is 8.70. The molecule has 6 nitrogen and oxygen atoms in total. The molecule has 2 rings (SSSR count). The van der Waals surface area contributed by atoms with Gasteiger partial charge in [-0.3, -0.25) is 4.79 Å². The highest BCUT2D eigenvalue weighted by atomic mass is 16.5. The van der Waals surface area contributed by atoms with Crippen LogP contribution in [0.5, 0.6) is 11.5 Å². The molecule has 0 radical (unpaired) electrons. The van der Waals surface area contributed by atoms with Crippen molar-refractivity contribution in [2.24, 2.45) is 0 Å². The van der Waals surface area contributed by atoms with Crippen LogP contribution in [0.1, 0.15) is 31.3 Å². The first-order valence-corrected chi connectivity index (χ1v) is 7.60. The smallest absolute Gasteiger partial charge is 0.274 e. The maximum atomic E-state index is 12.4. The average Bonchev–Trinajstić information content (AvgIpc) is 2.53. The molecule has 0 bridgehead atoms. The normalized spacial score (nSPS) is 10.9. The van der Waals surface area contributed by atoms with Crippen molar-refractivity contribution in [3.8, 4) is 11.5 Å². The predicted molar refractivity (Wildman–Crippen MR) is 95.1 cm³/mol. The van der Waals surface area contributed by atoms with Crippen LogP contribution in [0.4, 0.5) is 11.4 Å². The number of nitrogens with zero attached hydrogens (tertiary/aromatic N) is 1. The van der Waals surface area contributed by atoms with Crippen LogP contribution in [-0.4, -0.2) is 30.6 Å². The van der Waals surface area contributed by atoms with Crippen LogP contribution >= 0.6 is 0 Å². The van der Waals surface area contributed by atoms with Crippen molar-refractivity contribution in [3.05, 3.63) is 42.2 Å². The molecule has 0 unspecified atom stereocenters. The van der Waals surface area contributed by atoms with Crippen molar-refractivity contribution in [2.75, 3.05) is 24.9 Å². The number of aromatic nitrogens is 1. The molecular weight excluding hydrogens is 306 g/mol. The number of carbonyl (C=O) groups excluding carboxylic acids is 1. The van der Waals surface area contributed by atoms with Gasteiger partial charge in [0.05, 0.1) is 31.8 Å². The van der Waals surface area contributed by atoms with Gasteiger partial charge in [0.2, 0.25) is 0 Å². The fraction of sp³-hybridized carbons (Fsp3) is 0.333. The monoisotopic (exact) mass is 329 g/mol. The predicted octanol–water partition coefficient (Wildman–Crippen LogP) is 3.56. The van der Waals surface area contributed by atoms with E-state index in [0.29, 0.717) is 22.9 Å². The standard InChI is InChI=1S/C18H23N3O3/c1-18(2,3)21-12-6-8-14(19-11-12)17(22)20-15-10-13(23-4)7-9-16(15)24-5/h6-11,21H,1-5H3,(H,20,22). The van der Waals surface area contributed by atoms with Crippen molar-refractivity contribution < 1.29 is 14.3 Å². The molecule has 0 aliphatic carbocycles. The maximum absolute atomic E-state index is 12.4. The highest BCUT2D eigenvalue weighted by Crippen LogP contribution is 2.29. The summed E-state index contributed by atoms with van der Waals surface area (Å²) in [5.41, 5.74) is 1.64. The zero-order valence-electron chi connectivity index (χ0n) is 14.6. The average molecular weight is 329 g/mol. The first-order valence-electron chi connectivity index (χ1n) is 7.60. The van der Waals surface area contributed by atoms with Crippen molar-refractivity contribution in [2.45, 2.75) is 26.3 Å². The second-order valence-electron chi connectivity index (χ2n) is 6.33. The van der Waals surface area contributed by atoms with Gasteiger partial charge in [-0.2, -0.15) is 0 Å². The molecule has 2 aromatic rings. The number of methoxy groups -OCH3 is 2. The first kappa shape index (κ1) is 17.6. The van der Waals surface area contributed by atoms with Gasteiger partial charge in [0.15, 0.2) is 0 Å². The zero-order chi connectivity index (χ0) is 17.7. The van der Waals surface area contributed by atoms with Gasteiger partial charge in [0.25, 0.3) is 5.91 Å². The van der Waals surface area contributed by atoms with Gasteiger partial charge < -0.3 is 20.1 Å². The minimum absolute atomic E-state index is 0.0700. The Morgan fingerprint density at radius 2 is 1.83 bits per heavy atom. The molecule has 0 spiro atoms. The lowest BCUT2D eigenvalue weighted by Crippen LogP contribution is -2.26. The van der Waals surface area contributed by atoms with E-state index in [4.69, 9.17) is 9.47 Å². The molecule has 1 aromatic carbocycles. The van der Waals surface area contributed by atoms with Gasteiger partial charge in [0.1, 0.15) is 17.2 Å². The first-order chi connectivity index (χ1) is 11.3. The van der Waals surface area contributed by atoms with E-state index >= 15 is 0 Å². The number of pyridine rings is 1. The summed E-state index contributed by atoms with van der Waals surface area (Å²) in [5, 5.41) is 6.09. The summed E-state index contributed by atoms with van der Waals surface area (Å²) in [4.78, 5) is 16.6. The van der Waals surface area contributed by atoms with Gasteiger partial charge in [-0.15, -0.1) is 0 Å². The summed E-state index contributed by atoms with van der Waals surface area (Å²) in [5.74, 6) is 0.864. The zero-order valence-corrected chi connectivity index (χ0v) is 14.6. The lowest BCUT2D eigenvalue weighted by Gasteiger charge is -2.21. The Morgan fingerprint density at radius 3 is 2.38 bits per heavy atom. The van der Waals surface area contributed by atoms with Crippen molar-refractivity contribution >= 4 is 17.3 Å². The van der Waals surface area contributed by atoms with Crippen LogP contribution < -0.4 is 20.1 Å². The van der Waals surface area contributed by atoms with Gasteiger partial charge in [-0.1, -0.05) is 0 Å². The number of nitrogens with one attached hydrogen (secondary N) is 2. The summed E-state index contributed by atoms with van der Waals surface area (Å²) in [6.45, 7) is 6.17. The number of benzene rings is 1. The third-order valence-electron chi connectivity index (χ3n) is 3.17. The Bertz CT molecular complexity index is 706. The van der Waals surface area contributed by atoms with Gasteiger partial charge in [0, 0.05) is 11.6 Å². The van der Waals surface area contributed by atoms with Crippen LogP contribution in [0.2, 0.25) is 0 Å². The van der Waals surface area contributed by atoms with E-state index in [9.17, 15) is 4.79 Å². The van der Waals surface area contributed by atoms with E-state index in [1.165, 1.54) is 0 Å². The summed E-state index contributed by atoms with van der Waals surface area (Å²) in [6.07, 6.45) is 1.64. The Labute approximate surface area is 142 Å². The van der Waals surface area contributed by atoms with Crippen molar-refractivity contribution in [1.82, 2.24) is 4.98 Å². The molecular formula is C18H23N3O3. The van der Waals surface area contributed by atoms with E-state index in [2.05, 4.69) is 36.4 Å². The quantitative estimate of drug-likeness (QED) is 0.877. The van der Waals surface area contributed by atoms with Crippen LogP contribution in [0.3, 0.4) is 0 Å². The lowest BCUT2D eigenvalue weighted by molar-refractivity contribution is 0.102. The Morgan fingerprint density at radius 1 is 1.08 bits per heavy atom. The minimum Gasteiger partial charge on any atom is -0.497 e. The number of rotatable bonds is 5. The van der Waals surface area contributed by atoms with E-state index in [1.807, 2.05) is 6.07 Å². The molecule has 1 amide bonds. The number of hydrogen-bond donors (Lipinski definition) is 2. The molecule has 0 aliphatic rings. The van der Waals surface area contributed by atoms with Crippen LogP contribution in [0, 0.1) is 0 Å². The highest BCUT2D eigenvalue weighted by Gasteiger charge is 2.13. The second-order valence-corrected chi connectivity index (χ2v) is 6.33. The summed E-state index contributed by atoms with van der Waals surface area (Å²) < 4.78 is 10.4. The fourth-order valence-corrected chi connectivity index (χ4v) is 2.13. The topological polar surface area (TPSA) is 72.5 Å². The Hall–Kier alpha value is -2.76. The van der Waals surface area contributed by atoms with E-state index in [-0.39, 0.29) is 11.4 Å². The molecule has 0 saturated heterocycles. The Kier molecular flexibility index (Phi) is 5.28.